The number of sulfonamides is 1. The third-order valence-corrected chi connectivity index (χ3v) is 6.36. The van der Waals surface area contributed by atoms with E-state index in [1.54, 1.807) is 0 Å². The van der Waals surface area contributed by atoms with Crippen LogP contribution in [0.3, 0.4) is 0 Å². The molecule has 138 valence electrons. The number of nitrogens with zero attached hydrogens (tertiary/aromatic N) is 3. The van der Waals surface area contributed by atoms with Crippen molar-refractivity contribution in [1.29, 1.82) is 0 Å². The summed E-state index contributed by atoms with van der Waals surface area (Å²) in [7, 11) is -2.45. The molecule has 0 bridgehead atoms. The maximum atomic E-state index is 13.0. The fourth-order valence-corrected chi connectivity index (χ4v) is 4.60. The Bertz CT molecular complexity index is 775. The van der Waals surface area contributed by atoms with Crippen LogP contribution in [0.25, 0.3) is 0 Å². The van der Waals surface area contributed by atoms with E-state index >= 15 is 0 Å². The van der Waals surface area contributed by atoms with Gasteiger partial charge in [0.1, 0.15) is 4.87 Å². The molecule has 0 amide bonds. The predicted octanol–water partition coefficient (Wildman–Crippen LogP) is 1.42. The first-order chi connectivity index (χ1) is 11.6. The molecule has 1 aromatic carbocycles. The second-order valence-corrected chi connectivity index (χ2v) is 8.44. The number of hydroxylamine groups is 1. The van der Waals surface area contributed by atoms with Crippen molar-refractivity contribution in [2.45, 2.75) is 29.5 Å². The van der Waals surface area contributed by atoms with Crippen LogP contribution in [0.15, 0.2) is 29.2 Å². The molecule has 1 fully saturated rings. The van der Waals surface area contributed by atoms with Crippen LogP contribution in [0.5, 0.6) is 0 Å². The quantitative estimate of drug-likeness (QED) is 0.351. The van der Waals surface area contributed by atoms with Crippen LogP contribution in [-0.4, -0.2) is 53.7 Å². The molecule has 1 aromatic rings. The lowest BCUT2D eigenvalue weighted by atomic mass is 10.1. The lowest BCUT2D eigenvalue weighted by Crippen LogP contribution is -2.53. The van der Waals surface area contributed by atoms with Gasteiger partial charge < -0.3 is 9.74 Å². The number of non-ortho nitro benzene ring substituents is 1. The average Bonchev–Trinajstić information content (AvgIpc) is 2.55. The summed E-state index contributed by atoms with van der Waals surface area (Å²) in [5, 5.41) is 10.9. The van der Waals surface area contributed by atoms with Crippen LogP contribution in [0.1, 0.15) is 19.8 Å². The van der Waals surface area contributed by atoms with Crippen LogP contribution >= 0.6 is 12.6 Å². The first-order valence-corrected chi connectivity index (χ1v) is 9.34. The summed E-state index contributed by atoms with van der Waals surface area (Å²) in [4.78, 5) is 27.1. The standard InChI is InChI=1S/C14H19N3O6S2/c1-11(18)23-17(14(24)6-8-15(2)9-7-14)25(21,22)13-5-3-4-12(10-13)16(19)20/h3-5,10,24H,6-9H2,1-2H3. The summed E-state index contributed by atoms with van der Waals surface area (Å²) in [6.45, 7) is 2.21. The number of rotatable bonds is 5. The molecular weight excluding hydrogens is 370 g/mol. The average molecular weight is 389 g/mol. The number of benzene rings is 1. The maximum Gasteiger partial charge on any atom is 0.323 e. The normalized spacial score (nSPS) is 18.1. The van der Waals surface area contributed by atoms with Crippen molar-refractivity contribution in [3.63, 3.8) is 0 Å². The van der Waals surface area contributed by atoms with Crippen molar-refractivity contribution in [3.8, 4) is 0 Å². The van der Waals surface area contributed by atoms with E-state index in [4.69, 9.17) is 4.84 Å². The molecule has 0 atom stereocenters. The zero-order valence-electron chi connectivity index (χ0n) is 13.8. The Labute approximate surface area is 151 Å². The number of thiol groups is 1. The molecule has 1 aliphatic rings. The minimum Gasteiger partial charge on any atom is -0.352 e. The highest BCUT2D eigenvalue weighted by Crippen LogP contribution is 2.37. The van der Waals surface area contributed by atoms with Crippen molar-refractivity contribution < 1.29 is 23.0 Å². The Morgan fingerprint density at radius 3 is 2.52 bits per heavy atom. The molecular formula is C14H19N3O6S2. The van der Waals surface area contributed by atoms with Gasteiger partial charge in [0.25, 0.3) is 15.7 Å². The highest BCUT2D eigenvalue weighted by Gasteiger charge is 2.46. The molecule has 0 spiro atoms. The third-order valence-electron chi connectivity index (χ3n) is 3.88. The number of hydrogen-bond acceptors (Lipinski definition) is 8. The number of nitro benzene ring substituents is 1. The van der Waals surface area contributed by atoms with Gasteiger partial charge in [0.15, 0.2) is 0 Å². The number of carbonyl (C=O) groups excluding carboxylic acids is 1. The molecule has 0 aromatic heterocycles. The van der Waals surface area contributed by atoms with Crippen molar-refractivity contribution in [1.82, 2.24) is 9.37 Å². The summed E-state index contributed by atoms with van der Waals surface area (Å²) in [6.07, 6.45) is 0.655. The molecule has 2 rings (SSSR count). The Balaban J connectivity index is 2.47. The molecule has 0 N–H and O–H groups in total. The Kier molecular flexibility index (Phi) is 5.72. The fraction of sp³-hybridized carbons (Fsp3) is 0.500. The molecule has 0 unspecified atom stereocenters. The molecule has 25 heavy (non-hydrogen) atoms. The van der Waals surface area contributed by atoms with Gasteiger partial charge >= 0.3 is 5.97 Å². The largest absolute Gasteiger partial charge is 0.352 e. The maximum absolute atomic E-state index is 13.0. The smallest absolute Gasteiger partial charge is 0.323 e. The first kappa shape index (κ1) is 19.6. The fourth-order valence-electron chi connectivity index (χ4n) is 2.49. The van der Waals surface area contributed by atoms with Gasteiger partial charge in [-0.1, -0.05) is 6.07 Å². The van der Waals surface area contributed by atoms with Gasteiger partial charge in [-0.2, -0.15) is 12.6 Å². The number of piperidine rings is 1. The zero-order valence-corrected chi connectivity index (χ0v) is 15.5. The van der Waals surface area contributed by atoms with Gasteiger partial charge in [-0.05, 0) is 30.4 Å². The molecule has 1 heterocycles. The van der Waals surface area contributed by atoms with E-state index in [9.17, 15) is 23.3 Å². The first-order valence-electron chi connectivity index (χ1n) is 7.45. The Morgan fingerprint density at radius 2 is 2.00 bits per heavy atom. The zero-order chi connectivity index (χ0) is 18.8. The minimum atomic E-state index is -4.34. The second kappa shape index (κ2) is 7.28. The Hall–Kier alpha value is -1.69. The molecule has 11 heteroatoms. The Morgan fingerprint density at radius 1 is 1.40 bits per heavy atom. The van der Waals surface area contributed by atoms with Crippen LogP contribution in [0.4, 0.5) is 5.69 Å². The molecule has 0 aliphatic carbocycles. The molecule has 0 radical (unpaired) electrons. The van der Waals surface area contributed by atoms with E-state index in [2.05, 4.69) is 12.6 Å². The molecule has 1 aliphatic heterocycles. The highest BCUT2D eigenvalue weighted by molar-refractivity contribution is 7.90. The summed E-state index contributed by atoms with van der Waals surface area (Å²) >= 11 is 4.48. The molecule has 9 nitrogen and oxygen atoms in total. The van der Waals surface area contributed by atoms with E-state index in [0.29, 0.717) is 30.4 Å². The molecule has 1 saturated heterocycles. The number of likely N-dealkylation sites (tertiary alicyclic amines) is 1. The van der Waals surface area contributed by atoms with Gasteiger partial charge in [0, 0.05) is 32.1 Å². The number of carbonyl (C=O) groups is 1. The monoisotopic (exact) mass is 389 g/mol. The van der Waals surface area contributed by atoms with Gasteiger partial charge in [-0.15, -0.1) is 0 Å². The van der Waals surface area contributed by atoms with Crippen molar-refractivity contribution in [2.24, 2.45) is 0 Å². The van der Waals surface area contributed by atoms with Gasteiger partial charge in [0.05, 0.1) is 9.82 Å². The van der Waals surface area contributed by atoms with Crippen molar-refractivity contribution in [3.05, 3.63) is 34.4 Å². The number of nitro groups is 1. The van der Waals surface area contributed by atoms with E-state index in [0.717, 1.165) is 13.0 Å². The van der Waals surface area contributed by atoms with E-state index in [-0.39, 0.29) is 10.6 Å². The van der Waals surface area contributed by atoms with E-state index < -0.39 is 25.8 Å². The van der Waals surface area contributed by atoms with Crippen molar-refractivity contribution in [2.75, 3.05) is 20.1 Å². The number of hydrogen-bond donors (Lipinski definition) is 1. The van der Waals surface area contributed by atoms with Crippen LogP contribution in [0.2, 0.25) is 0 Å². The van der Waals surface area contributed by atoms with Crippen LogP contribution < -0.4 is 0 Å². The topological polar surface area (TPSA) is 110 Å². The minimum absolute atomic E-state index is 0.327. The van der Waals surface area contributed by atoms with Gasteiger partial charge in [0.2, 0.25) is 0 Å². The third kappa shape index (κ3) is 4.29. The van der Waals surface area contributed by atoms with E-state index in [1.165, 1.54) is 18.2 Å². The van der Waals surface area contributed by atoms with Crippen LogP contribution in [0, 0.1) is 10.1 Å². The highest BCUT2D eigenvalue weighted by atomic mass is 32.2. The molecule has 0 saturated carbocycles. The lowest BCUT2D eigenvalue weighted by molar-refractivity contribution is -0.385. The van der Waals surface area contributed by atoms with E-state index in [1.807, 2.05) is 11.9 Å². The van der Waals surface area contributed by atoms with Crippen molar-refractivity contribution >= 4 is 34.3 Å². The van der Waals surface area contributed by atoms with Gasteiger partial charge in [-0.25, -0.2) is 8.42 Å². The SMILES string of the molecule is CC(=O)ON(C1(S)CCN(C)CC1)S(=O)(=O)c1cccc([N+](=O)[O-])c1. The lowest BCUT2D eigenvalue weighted by Gasteiger charge is -2.41. The second-order valence-electron chi connectivity index (χ2n) is 5.86. The van der Waals surface area contributed by atoms with Crippen LogP contribution in [-0.2, 0) is 19.7 Å². The summed E-state index contributed by atoms with van der Waals surface area (Å²) in [5.41, 5.74) is -0.375. The summed E-state index contributed by atoms with van der Waals surface area (Å²) in [5.74, 6) is -0.818. The van der Waals surface area contributed by atoms with Gasteiger partial charge in [-0.3, -0.25) is 14.9 Å². The predicted molar refractivity (Wildman–Crippen MR) is 92.3 cm³/mol. The summed E-state index contributed by atoms with van der Waals surface area (Å²) < 4.78 is 26.6. The summed E-state index contributed by atoms with van der Waals surface area (Å²) in [6, 6.07) is 4.58.